The van der Waals surface area contributed by atoms with Gasteiger partial charge in [-0.2, -0.15) is 0 Å². The standard InChI is InChI=1S/C9H15NO.C2H6/c1-3-8(9(10)4-2)7-5-11-6-7;1-2/h3-4,7H,5-6,10H2,1-2H3;1-2H3/b8-3-,9-4+;. The molecular weight excluding hydrogens is 162 g/mol. The summed E-state index contributed by atoms with van der Waals surface area (Å²) in [4.78, 5) is 0. The quantitative estimate of drug-likeness (QED) is 0.667. The summed E-state index contributed by atoms with van der Waals surface area (Å²) in [6.45, 7) is 9.63. The highest BCUT2D eigenvalue weighted by Gasteiger charge is 2.23. The second-order valence-corrected chi connectivity index (χ2v) is 2.72. The highest BCUT2D eigenvalue weighted by Crippen LogP contribution is 2.23. The number of allylic oxidation sites excluding steroid dienone is 3. The third kappa shape index (κ3) is 3.23. The fourth-order valence-corrected chi connectivity index (χ4v) is 1.22. The number of ether oxygens (including phenoxy) is 1. The minimum absolute atomic E-state index is 0.538. The Kier molecular flexibility index (Phi) is 6.33. The van der Waals surface area contributed by atoms with Crippen LogP contribution in [0.1, 0.15) is 27.7 Å². The van der Waals surface area contributed by atoms with Crippen LogP contribution < -0.4 is 5.73 Å². The van der Waals surface area contributed by atoms with Gasteiger partial charge in [-0.3, -0.25) is 0 Å². The molecule has 1 aliphatic rings. The summed E-state index contributed by atoms with van der Waals surface area (Å²) in [6, 6.07) is 0. The topological polar surface area (TPSA) is 35.2 Å². The number of hydrogen-bond acceptors (Lipinski definition) is 2. The normalized spacial score (nSPS) is 18.8. The predicted molar refractivity (Wildman–Crippen MR) is 57.4 cm³/mol. The molecule has 1 aliphatic heterocycles. The molecule has 2 N–H and O–H groups in total. The van der Waals surface area contributed by atoms with Gasteiger partial charge in [-0.05, 0) is 19.4 Å². The molecule has 2 heteroatoms. The summed E-state index contributed by atoms with van der Waals surface area (Å²) in [7, 11) is 0. The number of hydrogen-bond donors (Lipinski definition) is 1. The third-order valence-corrected chi connectivity index (χ3v) is 2.03. The van der Waals surface area contributed by atoms with Crippen molar-refractivity contribution >= 4 is 0 Å². The van der Waals surface area contributed by atoms with Crippen LogP contribution in [-0.4, -0.2) is 13.2 Å². The highest BCUT2D eigenvalue weighted by atomic mass is 16.5. The van der Waals surface area contributed by atoms with Gasteiger partial charge in [0.25, 0.3) is 0 Å². The lowest BCUT2D eigenvalue weighted by Crippen LogP contribution is -2.31. The predicted octanol–water partition coefficient (Wildman–Crippen LogP) is 2.47. The fourth-order valence-electron chi connectivity index (χ4n) is 1.22. The van der Waals surface area contributed by atoms with E-state index in [2.05, 4.69) is 6.08 Å². The summed E-state index contributed by atoms with van der Waals surface area (Å²) in [5.74, 6) is 0.538. The van der Waals surface area contributed by atoms with Gasteiger partial charge in [0.1, 0.15) is 0 Å². The van der Waals surface area contributed by atoms with Crippen molar-refractivity contribution in [1.82, 2.24) is 0 Å². The first kappa shape index (κ1) is 12.2. The van der Waals surface area contributed by atoms with Crippen LogP contribution in [0.4, 0.5) is 0 Å². The van der Waals surface area contributed by atoms with Crippen molar-refractivity contribution in [2.45, 2.75) is 27.7 Å². The summed E-state index contributed by atoms with van der Waals surface area (Å²) in [6.07, 6.45) is 4.01. The maximum absolute atomic E-state index is 5.78. The second-order valence-electron chi connectivity index (χ2n) is 2.72. The van der Waals surface area contributed by atoms with E-state index in [4.69, 9.17) is 10.5 Å². The van der Waals surface area contributed by atoms with Crippen molar-refractivity contribution in [3.8, 4) is 0 Å². The lowest BCUT2D eigenvalue weighted by molar-refractivity contribution is -0.0124. The SMILES string of the molecule is C/C=C(\C(N)=C/C)C1COC1.CC. The van der Waals surface area contributed by atoms with Gasteiger partial charge in [0.15, 0.2) is 0 Å². The van der Waals surface area contributed by atoms with Gasteiger partial charge in [-0.15, -0.1) is 0 Å². The summed E-state index contributed by atoms with van der Waals surface area (Å²) in [5, 5.41) is 0. The molecule has 0 atom stereocenters. The molecule has 1 rings (SSSR count). The first-order chi connectivity index (χ1) is 6.29. The zero-order valence-electron chi connectivity index (χ0n) is 9.13. The molecule has 1 fully saturated rings. The van der Waals surface area contributed by atoms with E-state index in [1.165, 1.54) is 5.57 Å². The van der Waals surface area contributed by atoms with Gasteiger partial charge in [-0.1, -0.05) is 26.0 Å². The lowest BCUT2D eigenvalue weighted by atomic mass is 9.94. The maximum Gasteiger partial charge on any atom is 0.0557 e. The molecule has 1 heterocycles. The van der Waals surface area contributed by atoms with Gasteiger partial charge in [-0.25, -0.2) is 0 Å². The van der Waals surface area contributed by atoms with Gasteiger partial charge < -0.3 is 10.5 Å². The molecule has 0 saturated carbocycles. The molecule has 0 unspecified atom stereocenters. The average Bonchev–Trinajstić information content (AvgIpc) is 2.13. The molecular formula is C11H21NO. The Morgan fingerprint density at radius 2 is 1.77 bits per heavy atom. The largest absolute Gasteiger partial charge is 0.399 e. The summed E-state index contributed by atoms with van der Waals surface area (Å²) < 4.78 is 5.09. The van der Waals surface area contributed by atoms with Crippen LogP contribution >= 0.6 is 0 Å². The third-order valence-electron chi connectivity index (χ3n) is 2.03. The molecule has 76 valence electrons. The average molecular weight is 183 g/mol. The Hall–Kier alpha value is -0.760. The molecule has 0 aromatic carbocycles. The molecule has 0 spiro atoms. The zero-order valence-corrected chi connectivity index (χ0v) is 9.13. The van der Waals surface area contributed by atoms with Crippen molar-refractivity contribution in [2.75, 3.05) is 13.2 Å². The van der Waals surface area contributed by atoms with Crippen molar-refractivity contribution in [3.05, 3.63) is 23.4 Å². The van der Waals surface area contributed by atoms with E-state index >= 15 is 0 Å². The summed E-state index contributed by atoms with van der Waals surface area (Å²) in [5.41, 5.74) is 7.90. The Morgan fingerprint density at radius 3 is 2.00 bits per heavy atom. The molecule has 13 heavy (non-hydrogen) atoms. The van der Waals surface area contributed by atoms with Gasteiger partial charge in [0, 0.05) is 11.6 Å². The van der Waals surface area contributed by atoms with Crippen LogP contribution in [0.25, 0.3) is 0 Å². The fraction of sp³-hybridized carbons (Fsp3) is 0.636. The van der Waals surface area contributed by atoms with Crippen LogP contribution in [0.5, 0.6) is 0 Å². The maximum atomic E-state index is 5.78. The van der Waals surface area contributed by atoms with Gasteiger partial charge >= 0.3 is 0 Å². The van der Waals surface area contributed by atoms with Crippen LogP contribution in [-0.2, 0) is 4.74 Å². The monoisotopic (exact) mass is 183 g/mol. The second kappa shape index (κ2) is 6.72. The van der Waals surface area contributed by atoms with Gasteiger partial charge in [0.05, 0.1) is 13.2 Å². The highest BCUT2D eigenvalue weighted by molar-refractivity contribution is 5.30. The molecule has 0 aliphatic carbocycles. The number of rotatable bonds is 2. The minimum Gasteiger partial charge on any atom is -0.399 e. The van der Waals surface area contributed by atoms with E-state index in [9.17, 15) is 0 Å². The van der Waals surface area contributed by atoms with Crippen LogP contribution in [0.2, 0.25) is 0 Å². The molecule has 1 saturated heterocycles. The first-order valence-corrected chi connectivity index (χ1v) is 4.95. The van der Waals surface area contributed by atoms with E-state index in [1.807, 2.05) is 33.8 Å². The molecule has 0 aromatic heterocycles. The Balaban J connectivity index is 0.000000671. The molecule has 2 nitrogen and oxygen atoms in total. The van der Waals surface area contributed by atoms with E-state index in [0.29, 0.717) is 5.92 Å². The van der Waals surface area contributed by atoms with Crippen molar-refractivity contribution in [2.24, 2.45) is 11.7 Å². The van der Waals surface area contributed by atoms with Crippen LogP contribution in [0.15, 0.2) is 23.4 Å². The van der Waals surface area contributed by atoms with Crippen molar-refractivity contribution in [3.63, 3.8) is 0 Å². The Labute approximate surface area is 81.5 Å². The molecule has 0 amide bonds. The van der Waals surface area contributed by atoms with Crippen LogP contribution in [0.3, 0.4) is 0 Å². The molecule has 0 radical (unpaired) electrons. The van der Waals surface area contributed by atoms with E-state index in [-0.39, 0.29) is 0 Å². The minimum atomic E-state index is 0.538. The zero-order chi connectivity index (χ0) is 10.3. The summed E-state index contributed by atoms with van der Waals surface area (Å²) >= 11 is 0. The molecule has 0 aromatic rings. The molecule has 0 bridgehead atoms. The van der Waals surface area contributed by atoms with Gasteiger partial charge in [0.2, 0.25) is 0 Å². The lowest BCUT2D eigenvalue weighted by Gasteiger charge is -2.28. The smallest absolute Gasteiger partial charge is 0.0557 e. The van der Waals surface area contributed by atoms with E-state index in [1.54, 1.807) is 0 Å². The number of nitrogens with two attached hydrogens (primary N) is 1. The van der Waals surface area contributed by atoms with Crippen molar-refractivity contribution in [1.29, 1.82) is 0 Å². The van der Waals surface area contributed by atoms with Crippen LogP contribution in [0, 0.1) is 5.92 Å². The Morgan fingerprint density at radius 1 is 1.23 bits per heavy atom. The van der Waals surface area contributed by atoms with E-state index in [0.717, 1.165) is 18.9 Å². The first-order valence-electron chi connectivity index (χ1n) is 4.95. The van der Waals surface area contributed by atoms with Crippen molar-refractivity contribution < 1.29 is 4.74 Å². The van der Waals surface area contributed by atoms with E-state index < -0.39 is 0 Å². The Bertz CT molecular complexity index is 190.